The molecule has 3 amide bonds. The van der Waals surface area contributed by atoms with Gasteiger partial charge in [-0.05, 0) is 56.2 Å². The third-order valence-corrected chi connectivity index (χ3v) is 4.69. The smallest absolute Gasteiger partial charge is 0.319 e. The molecule has 0 radical (unpaired) electrons. The minimum absolute atomic E-state index is 0.133. The fraction of sp³-hybridized carbons (Fsp3) is 0.238. The van der Waals surface area contributed by atoms with Crippen molar-refractivity contribution in [1.82, 2.24) is 14.9 Å². The maximum Gasteiger partial charge on any atom is 0.319 e. The van der Waals surface area contributed by atoms with Crippen molar-refractivity contribution in [3.63, 3.8) is 0 Å². The van der Waals surface area contributed by atoms with Gasteiger partial charge in [-0.15, -0.1) is 0 Å². The van der Waals surface area contributed by atoms with Crippen LogP contribution in [0.1, 0.15) is 18.7 Å². The van der Waals surface area contributed by atoms with Gasteiger partial charge in [-0.2, -0.15) is 0 Å². The molecule has 1 aliphatic carbocycles. The number of aryl methyl sites for hydroxylation is 1. The number of hydrogen-bond donors (Lipinski definition) is 3. The van der Waals surface area contributed by atoms with Crippen molar-refractivity contribution in [3.05, 3.63) is 64.7 Å². The standard InChI is InChI=1S/C21H21N5O3/c1-13-22-18-5-3-2-4-17(18)20(28)26(13)12-19(27)23-14-6-8-15(9-7-14)24-21(29)25-16-10-11-16/h2-9,16H,10-12H2,1H3,(H,23,27)(H2,24,25,29). The fourth-order valence-corrected chi connectivity index (χ4v) is 3.03. The van der Waals surface area contributed by atoms with Crippen LogP contribution in [0.2, 0.25) is 0 Å². The molecule has 0 unspecified atom stereocenters. The first-order valence-electron chi connectivity index (χ1n) is 9.43. The molecule has 1 aliphatic rings. The second-order valence-corrected chi connectivity index (χ2v) is 7.07. The van der Waals surface area contributed by atoms with Crippen LogP contribution in [0.5, 0.6) is 0 Å². The monoisotopic (exact) mass is 391 g/mol. The second-order valence-electron chi connectivity index (χ2n) is 7.07. The van der Waals surface area contributed by atoms with Gasteiger partial charge in [0.25, 0.3) is 5.56 Å². The second kappa shape index (κ2) is 7.75. The summed E-state index contributed by atoms with van der Waals surface area (Å²) in [7, 11) is 0. The van der Waals surface area contributed by atoms with Crippen molar-refractivity contribution in [2.45, 2.75) is 32.4 Å². The van der Waals surface area contributed by atoms with Crippen LogP contribution in [0.25, 0.3) is 10.9 Å². The van der Waals surface area contributed by atoms with Gasteiger partial charge in [0.2, 0.25) is 5.91 Å². The molecule has 3 N–H and O–H groups in total. The number of nitrogens with zero attached hydrogens (tertiary/aromatic N) is 2. The Morgan fingerprint density at radius 2 is 1.69 bits per heavy atom. The van der Waals surface area contributed by atoms with Gasteiger partial charge in [0, 0.05) is 17.4 Å². The number of hydrogen-bond acceptors (Lipinski definition) is 4. The molecule has 4 rings (SSSR count). The zero-order chi connectivity index (χ0) is 20.4. The third-order valence-electron chi connectivity index (χ3n) is 4.69. The van der Waals surface area contributed by atoms with Crippen LogP contribution in [0, 0.1) is 6.92 Å². The first-order valence-corrected chi connectivity index (χ1v) is 9.43. The Morgan fingerprint density at radius 3 is 2.38 bits per heavy atom. The summed E-state index contributed by atoms with van der Waals surface area (Å²) in [6, 6.07) is 13.9. The summed E-state index contributed by atoms with van der Waals surface area (Å²) < 4.78 is 1.36. The molecule has 29 heavy (non-hydrogen) atoms. The van der Waals surface area contributed by atoms with Gasteiger partial charge in [0.1, 0.15) is 12.4 Å². The molecule has 2 aromatic carbocycles. The Balaban J connectivity index is 1.41. The van der Waals surface area contributed by atoms with Gasteiger partial charge in [-0.25, -0.2) is 9.78 Å². The minimum Gasteiger partial charge on any atom is -0.335 e. The number of carbonyl (C=O) groups is 2. The molecule has 3 aromatic rings. The number of amides is 3. The van der Waals surface area contributed by atoms with Crippen molar-refractivity contribution in [2.24, 2.45) is 0 Å². The molecular formula is C21H21N5O3. The highest BCUT2D eigenvalue weighted by atomic mass is 16.2. The predicted molar refractivity (Wildman–Crippen MR) is 111 cm³/mol. The number of anilines is 2. The van der Waals surface area contributed by atoms with E-state index in [1.807, 2.05) is 6.07 Å². The summed E-state index contributed by atoms with van der Waals surface area (Å²) >= 11 is 0. The van der Waals surface area contributed by atoms with Crippen LogP contribution in [0.15, 0.2) is 53.3 Å². The maximum atomic E-state index is 12.7. The van der Waals surface area contributed by atoms with Crippen LogP contribution in [-0.2, 0) is 11.3 Å². The van der Waals surface area contributed by atoms with E-state index >= 15 is 0 Å². The van der Waals surface area contributed by atoms with Crippen molar-refractivity contribution in [1.29, 1.82) is 0 Å². The Bertz CT molecular complexity index is 1130. The zero-order valence-corrected chi connectivity index (χ0v) is 15.9. The van der Waals surface area contributed by atoms with Gasteiger partial charge in [0.15, 0.2) is 0 Å². The SMILES string of the molecule is Cc1nc2ccccc2c(=O)n1CC(=O)Nc1ccc(NC(=O)NC2CC2)cc1. The normalized spacial score (nSPS) is 13.1. The van der Waals surface area contributed by atoms with Gasteiger partial charge < -0.3 is 16.0 Å². The highest BCUT2D eigenvalue weighted by Gasteiger charge is 2.23. The van der Waals surface area contributed by atoms with Crippen LogP contribution in [-0.4, -0.2) is 27.5 Å². The van der Waals surface area contributed by atoms with Gasteiger partial charge in [-0.1, -0.05) is 12.1 Å². The lowest BCUT2D eigenvalue weighted by Crippen LogP contribution is -2.30. The molecule has 8 heteroatoms. The Morgan fingerprint density at radius 1 is 1.03 bits per heavy atom. The van der Waals surface area contributed by atoms with E-state index in [0.717, 1.165) is 12.8 Å². The highest BCUT2D eigenvalue weighted by molar-refractivity contribution is 5.92. The van der Waals surface area contributed by atoms with E-state index in [0.29, 0.717) is 28.1 Å². The molecule has 1 fully saturated rings. The van der Waals surface area contributed by atoms with Gasteiger partial charge in [0.05, 0.1) is 10.9 Å². The topological polar surface area (TPSA) is 105 Å². The van der Waals surface area contributed by atoms with Crippen molar-refractivity contribution in [2.75, 3.05) is 10.6 Å². The lowest BCUT2D eigenvalue weighted by atomic mass is 10.2. The van der Waals surface area contributed by atoms with Gasteiger partial charge in [-0.3, -0.25) is 14.2 Å². The van der Waals surface area contributed by atoms with E-state index in [9.17, 15) is 14.4 Å². The molecule has 0 atom stereocenters. The van der Waals surface area contributed by atoms with Crippen LogP contribution >= 0.6 is 0 Å². The number of rotatable bonds is 5. The molecule has 0 aliphatic heterocycles. The van der Waals surface area contributed by atoms with Crippen molar-refractivity contribution in [3.8, 4) is 0 Å². The van der Waals surface area contributed by atoms with Gasteiger partial charge >= 0.3 is 6.03 Å². The summed E-state index contributed by atoms with van der Waals surface area (Å²) in [5.41, 5.74) is 1.57. The summed E-state index contributed by atoms with van der Waals surface area (Å²) in [6.07, 6.45) is 2.04. The number of carbonyl (C=O) groups excluding carboxylic acids is 2. The first kappa shape index (κ1) is 18.7. The molecule has 0 bridgehead atoms. The van der Waals surface area contributed by atoms with E-state index in [1.54, 1.807) is 49.4 Å². The number of fused-ring (bicyclic) bond motifs is 1. The lowest BCUT2D eigenvalue weighted by molar-refractivity contribution is -0.116. The summed E-state index contributed by atoms with van der Waals surface area (Å²) in [5, 5.41) is 8.83. The molecular weight excluding hydrogens is 370 g/mol. The predicted octanol–water partition coefficient (Wildman–Crippen LogP) is 2.63. The Labute approximate surface area is 167 Å². The van der Waals surface area contributed by atoms with E-state index in [1.165, 1.54) is 4.57 Å². The number of para-hydroxylation sites is 1. The number of benzene rings is 2. The average Bonchev–Trinajstić information content (AvgIpc) is 3.50. The third kappa shape index (κ3) is 4.43. The van der Waals surface area contributed by atoms with Crippen molar-refractivity contribution < 1.29 is 9.59 Å². The van der Waals surface area contributed by atoms with E-state index in [-0.39, 0.29) is 30.1 Å². The van der Waals surface area contributed by atoms with Crippen molar-refractivity contribution >= 4 is 34.2 Å². The van der Waals surface area contributed by atoms with E-state index in [4.69, 9.17) is 0 Å². The van der Waals surface area contributed by atoms with E-state index in [2.05, 4.69) is 20.9 Å². The molecule has 0 spiro atoms. The zero-order valence-electron chi connectivity index (χ0n) is 15.9. The fourth-order valence-electron chi connectivity index (χ4n) is 3.03. The van der Waals surface area contributed by atoms with E-state index < -0.39 is 0 Å². The van der Waals surface area contributed by atoms with Crippen LogP contribution < -0.4 is 21.5 Å². The van der Waals surface area contributed by atoms with Crippen LogP contribution in [0.3, 0.4) is 0 Å². The largest absolute Gasteiger partial charge is 0.335 e. The molecule has 148 valence electrons. The molecule has 1 aromatic heterocycles. The molecule has 1 saturated carbocycles. The highest BCUT2D eigenvalue weighted by Crippen LogP contribution is 2.19. The maximum absolute atomic E-state index is 12.7. The Hall–Kier alpha value is -3.68. The summed E-state index contributed by atoms with van der Waals surface area (Å²) in [6.45, 7) is 1.57. The summed E-state index contributed by atoms with van der Waals surface area (Å²) in [5.74, 6) is 0.143. The Kier molecular flexibility index (Phi) is 4.99. The average molecular weight is 391 g/mol. The number of urea groups is 1. The molecule has 1 heterocycles. The first-order chi connectivity index (χ1) is 14.0. The van der Waals surface area contributed by atoms with Crippen LogP contribution in [0.4, 0.5) is 16.2 Å². The number of nitrogens with one attached hydrogen (secondary N) is 3. The quantitative estimate of drug-likeness (QED) is 0.622. The minimum atomic E-state index is -0.334. The molecule has 0 saturated heterocycles. The lowest BCUT2D eigenvalue weighted by Gasteiger charge is -2.12. The molecule has 8 nitrogen and oxygen atoms in total. The summed E-state index contributed by atoms with van der Waals surface area (Å²) in [4.78, 5) is 41.2. The number of aromatic nitrogens is 2.